The second kappa shape index (κ2) is 6.04. The number of imidazole rings is 1. The molecule has 6 nitrogen and oxygen atoms in total. The topological polar surface area (TPSA) is 101 Å². The molecule has 1 aromatic carbocycles. The standard InChI is InChI=1S/C12H14BrN2S.ClHO4/c1-12(7-13)8-16-11-14(2)9-5-3-4-6-10(9)15(11)12;2-1(3,4)5/h3-6H,7-8H2,1-2H3;(H,2,3,4,5)/q+1;/p-1. The first kappa shape index (κ1) is 17.0. The van der Waals surface area contributed by atoms with E-state index in [0.717, 1.165) is 11.1 Å². The molecule has 0 N–H and O–H groups in total. The van der Waals surface area contributed by atoms with Crippen molar-refractivity contribution in [1.82, 2.24) is 4.57 Å². The summed E-state index contributed by atoms with van der Waals surface area (Å²) >= 11 is 5.60. The average Bonchev–Trinajstić information content (AvgIpc) is 2.88. The summed E-state index contributed by atoms with van der Waals surface area (Å²) in [4.78, 5) is 0. The molecule has 2 aromatic rings. The smallest absolute Gasteiger partial charge is 0.222 e. The molecule has 1 unspecified atom stereocenters. The Bertz CT molecular complexity index is 654. The van der Waals surface area contributed by atoms with Crippen molar-refractivity contribution in [3.8, 4) is 0 Å². The summed E-state index contributed by atoms with van der Waals surface area (Å²) in [6.45, 7) is 2.32. The zero-order valence-electron chi connectivity index (χ0n) is 11.4. The van der Waals surface area contributed by atoms with E-state index in [4.69, 9.17) is 18.6 Å². The van der Waals surface area contributed by atoms with Gasteiger partial charge in [-0.15, -0.1) is 10.2 Å². The molecule has 1 aromatic heterocycles. The first-order valence-corrected chi connectivity index (χ1v) is 9.32. The van der Waals surface area contributed by atoms with Gasteiger partial charge in [0.05, 0.1) is 7.05 Å². The lowest BCUT2D eigenvalue weighted by Crippen LogP contribution is -2.68. The molecule has 116 valence electrons. The number of benzene rings is 1. The van der Waals surface area contributed by atoms with E-state index in [1.807, 2.05) is 11.8 Å². The third kappa shape index (κ3) is 3.53. The van der Waals surface area contributed by atoms with E-state index >= 15 is 0 Å². The SMILES string of the molecule is C[n+]1c2n(c3ccccc31)C(C)(CBr)CS2.[O-][Cl+3]([O-])([O-])[O-]. The molecular weight excluding hydrogens is 384 g/mol. The normalized spacial score (nSPS) is 21.1. The Morgan fingerprint density at radius 1 is 1.33 bits per heavy atom. The van der Waals surface area contributed by atoms with Gasteiger partial charge in [0.2, 0.25) is 0 Å². The highest BCUT2D eigenvalue weighted by atomic mass is 79.9. The third-order valence-corrected chi connectivity index (χ3v) is 5.99. The van der Waals surface area contributed by atoms with Crippen LogP contribution in [0.2, 0.25) is 0 Å². The lowest BCUT2D eigenvalue weighted by atomic mass is 10.1. The number of aryl methyl sites for hydroxylation is 1. The molecule has 1 aliphatic rings. The number of para-hydroxylation sites is 2. The summed E-state index contributed by atoms with van der Waals surface area (Å²) in [5, 5.41) is 2.36. The molecule has 1 atom stereocenters. The van der Waals surface area contributed by atoms with Crippen LogP contribution in [-0.4, -0.2) is 15.7 Å². The molecule has 0 radical (unpaired) electrons. The Morgan fingerprint density at radius 2 is 1.90 bits per heavy atom. The number of rotatable bonds is 1. The number of aromatic nitrogens is 2. The Morgan fingerprint density at radius 3 is 2.48 bits per heavy atom. The Balaban J connectivity index is 0.000000282. The molecule has 0 amide bonds. The maximum Gasteiger partial charge on any atom is 0.319 e. The van der Waals surface area contributed by atoms with Crippen LogP contribution in [0.3, 0.4) is 0 Å². The summed E-state index contributed by atoms with van der Waals surface area (Å²) < 4.78 is 38.7. The molecule has 0 aliphatic carbocycles. The molecule has 1 aliphatic heterocycles. The largest absolute Gasteiger partial charge is 0.319 e. The van der Waals surface area contributed by atoms with Crippen molar-refractivity contribution < 1.29 is 33.4 Å². The zero-order valence-corrected chi connectivity index (χ0v) is 14.6. The van der Waals surface area contributed by atoms with Gasteiger partial charge in [-0.3, -0.25) is 0 Å². The first-order valence-electron chi connectivity index (χ1n) is 5.98. The minimum absolute atomic E-state index is 0.195. The number of hydrogen-bond acceptors (Lipinski definition) is 5. The Hall–Kier alpha value is -0.350. The third-order valence-electron chi connectivity index (χ3n) is 3.30. The molecule has 0 saturated heterocycles. The molecular formula is C12H14BrClN2O4S. The van der Waals surface area contributed by atoms with Gasteiger partial charge in [-0.25, -0.2) is 27.8 Å². The lowest BCUT2D eigenvalue weighted by Gasteiger charge is -2.17. The minimum atomic E-state index is -4.94. The summed E-state index contributed by atoms with van der Waals surface area (Å²) in [5.74, 6) is 1.15. The molecule has 3 rings (SSSR count). The van der Waals surface area contributed by atoms with E-state index in [-0.39, 0.29) is 5.54 Å². The van der Waals surface area contributed by atoms with Crippen LogP contribution in [0.15, 0.2) is 29.4 Å². The molecule has 2 heterocycles. The van der Waals surface area contributed by atoms with Crippen molar-refractivity contribution in [2.24, 2.45) is 7.05 Å². The van der Waals surface area contributed by atoms with Crippen molar-refractivity contribution in [1.29, 1.82) is 0 Å². The van der Waals surface area contributed by atoms with Gasteiger partial charge in [0.1, 0.15) is 5.54 Å². The van der Waals surface area contributed by atoms with Crippen molar-refractivity contribution in [3.05, 3.63) is 24.3 Å². The number of nitrogens with zero attached hydrogens (tertiary/aromatic N) is 2. The van der Waals surface area contributed by atoms with Crippen LogP contribution in [0, 0.1) is 10.2 Å². The quantitative estimate of drug-likeness (QED) is 0.406. The predicted octanol–water partition coefficient (Wildman–Crippen LogP) is -2.07. The summed E-state index contributed by atoms with van der Waals surface area (Å²) in [6.07, 6.45) is 0. The highest BCUT2D eigenvalue weighted by molar-refractivity contribution is 9.09. The van der Waals surface area contributed by atoms with Gasteiger partial charge in [-0.1, -0.05) is 28.1 Å². The molecule has 21 heavy (non-hydrogen) atoms. The van der Waals surface area contributed by atoms with Gasteiger partial charge >= 0.3 is 5.16 Å². The fourth-order valence-corrected chi connectivity index (χ4v) is 4.48. The molecule has 0 fully saturated rings. The van der Waals surface area contributed by atoms with Crippen LogP contribution in [0.5, 0.6) is 0 Å². The van der Waals surface area contributed by atoms with Crippen LogP contribution in [0.1, 0.15) is 6.92 Å². The van der Waals surface area contributed by atoms with Crippen LogP contribution in [0.25, 0.3) is 11.0 Å². The van der Waals surface area contributed by atoms with Crippen LogP contribution in [-0.2, 0) is 12.6 Å². The molecule has 9 heteroatoms. The number of alkyl halides is 1. The van der Waals surface area contributed by atoms with Gasteiger partial charge in [-0.2, -0.15) is 0 Å². The van der Waals surface area contributed by atoms with Gasteiger partial charge in [0.15, 0.2) is 11.0 Å². The number of thioether (sulfide) groups is 1. The Kier molecular flexibility index (Phi) is 4.89. The predicted molar refractivity (Wildman–Crippen MR) is 71.3 cm³/mol. The van der Waals surface area contributed by atoms with E-state index in [1.165, 1.54) is 16.2 Å². The number of hydrogen-bond donors (Lipinski definition) is 0. The molecule has 0 saturated carbocycles. The highest BCUT2D eigenvalue weighted by Gasteiger charge is 2.44. The maximum absolute atomic E-state index is 8.49. The summed E-state index contributed by atoms with van der Waals surface area (Å²) in [6, 6.07) is 8.63. The van der Waals surface area contributed by atoms with Crippen molar-refractivity contribution >= 4 is 38.7 Å². The van der Waals surface area contributed by atoms with E-state index in [9.17, 15) is 0 Å². The van der Waals surface area contributed by atoms with Gasteiger partial charge in [0.25, 0.3) is 0 Å². The lowest BCUT2D eigenvalue weighted by molar-refractivity contribution is -2.00. The average molecular weight is 398 g/mol. The van der Waals surface area contributed by atoms with Crippen LogP contribution >= 0.6 is 27.7 Å². The fraction of sp³-hybridized carbons (Fsp3) is 0.417. The van der Waals surface area contributed by atoms with Crippen molar-refractivity contribution in [2.75, 3.05) is 11.1 Å². The summed E-state index contributed by atoms with van der Waals surface area (Å²) in [7, 11) is -2.79. The van der Waals surface area contributed by atoms with Crippen molar-refractivity contribution in [2.45, 2.75) is 17.6 Å². The van der Waals surface area contributed by atoms with E-state index in [1.54, 1.807) is 0 Å². The first-order chi connectivity index (χ1) is 9.67. The fourth-order valence-electron chi connectivity index (χ4n) is 2.36. The zero-order chi connectivity index (χ0) is 15.8. The van der Waals surface area contributed by atoms with E-state index in [0.29, 0.717) is 0 Å². The van der Waals surface area contributed by atoms with Crippen LogP contribution < -0.4 is 23.2 Å². The van der Waals surface area contributed by atoms with E-state index < -0.39 is 10.2 Å². The Labute approximate surface area is 136 Å². The molecule has 0 bridgehead atoms. The summed E-state index contributed by atoms with van der Waals surface area (Å²) in [5.41, 5.74) is 2.85. The van der Waals surface area contributed by atoms with E-state index in [2.05, 4.69) is 63.3 Å². The maximum atomic E-state index is 8.49. The second-order valence-corrected chi connectivity index (χ2v) is 7.22. The number of halogens is 2. The monoisotopic (exact) mass is 396 g/mol. The van der Waals surface area contributed by atoms with Gasteiger partial charge in [-0.05, 0) is 30.8 Å². The van der Waals surface area contributed by atoms with Crippen molar-refractivity contribution in [3.63, 3.8) is 0 Å². The van der Waals surface area contributed by atoms with Gasteiger partial charge < -0.3 is 0 Å². The second-order valence-electron chi connectivity index (χ2n) is 4.96. The minimum Gasteiger partial charge on any atom is -0.222 e. The highest BCUT2D eigenvalue weighted by Crippen LogP contribution is 2.40. The van der Waals surface area contributed by atoms with Gasteiger partial charge in [0, 0.05) is 11.1 Å². The number of fused-ring (bicyclic) bond motifs is 3. The molecule has 0 spiro atoms. The van der Waals surface area contributed by atoms with Crippen LogP contribution in [0.4, 0.5) is 0 Å².